The maximum absolute atomic E-state index is 12.8. The average molecular weight is 257 g/mol. The van der Waals surface area contributed by atoms with E-state index in [9.17, 15) is 9.18 Å². The van der Waals surface area contributed by atoms with Gasteiger partial charge in [0.1, 0.15) is 5.82 Å². The molecular weight excluding hydrogens is 239 g/mol. The van der Waals surface area contributed by atoms with E-state index in [1.807, 2.05) is 0 Å². The first-order valence-electron chi connectivity index (χ1n) is 6.13. The Balaban J connectivity index is 2.42. The number of Topliss-reactive ketones (excluding diaryl/α,β-unsaturated/α-hetero) is 1. The lowest BCUT2D eigenvalue weighted by Crippen LogP contribution is -2.00. The third-order valence-electron chi connectivity index (χ3n) is 2.74. The molecule has 0 atom stereocenters. The van der Waals surface area contributed by atoms with E-state index in [4.69, 9.17) is 11.6 Å². The van der Waals surface area contributed by atoms with Crippen LogP contribution in [-0.4, -0.2) is 5.78 Å². The summed E-state index contributed by atoms with van der Waals surface area (Å²) in [5.74, 6) is -0.402. The van der Waals surface area contributed by atoms with Crippen molar-refractivity contribution in [1.82, 2.24) is 0 Å². The Hall–Kier alpha value is -0.890. The average Bonchev–Trinajstić information content (AvgIpc) is 2.28. The fraction of sp³-hybridized carbons (Fsp3) is 0.500. The molecule has 0 spiro atoms. The number of ketones is 1. The molecule has 1 aromatic rings. The normalized spacial score (nSPS) is 10.5. The van der Waals surface area contributed by atoms with E-state index in [0.717, 1.165) is 12.8 Å². The molecule has 0 fully saturated rings. The van der Waals surface area contributed by atoms with Crippen LogP contribution in [0.2, 0.25) is 5.02 Å². The van der Waals surface area contributed by atoms with Crippen molar-refractivity contribution in [3.8, 4) is 0 Å². The second-order valence-electron chi connectivity index (χ2n) is 4.21. The zero-order chi connectivity index (χ0) is 12.7. The minimum atomic E-state index is -0.408. The highest BCUT2D eigenvalue weighted by atomic mass is 35.5. The molecule has 1 rings (SSSR count). The molecule has 0 aromatic heterocycles. The smallest absolute Gasteiger partial charge is 0.164 e. The summed E-state index contributed by atoms with van der Waals surface area (Å²) in [7, 11) is 0. The summed E-state index contributed by atoms with van der Waals surface area (Å²) < 4.78 is 12.8. The highest BCUT2D eigenvalue weighted by molar-refractivity contribution is 6.33. The van der Waals surface area contributed by atoms with Crippen molar-refractivity contribution in [3.63, 3.8) is 0 Å². The molecule has 0 N–H and O–H groups in total. The van der Waals surface area contributed by atoms with Gasteiger partial charge in [0, 0.05) is 12.0 Å². The molecule has 17 heavy (non-hydrogen) atoms. The maximum Gasteiger partial charge on any atom is 0.164 e. The molecule has 94 valence electrons. The van der Waals surface area contributed by atoms with Crippen molar-refractivity contribution in [3.05, 3.63) is 34.6 Å². The number of rotatable bonds is 7. The van der Waals surface area contributed by atoms with Gasteiger partial charge in [-0.05, 0) is 24.6 Å². The van der Waals surface area contributed by atoms with Crippen LogP contribution < -0.4 is 0 Å². The molecule has 0 aliphatic rings. The zero-order valence-electron chi connectivity index (χ0n) is 10.1. The van der Waals surface area contributed by atoms with Gasteiger partial charge in [-0.1, -0.05) is 44.2 Å². The van der Waals surface area contributed by atoms with E-state index in [1.54, 1.807) is 0 Å². The van der Waals surface area contributed by atoms with Gasteiger partial charge in [-0.2, -0.15) is 0 Å². The fourth-order valence-corrected chi connectivity index (χ4v) is 2.01. The van der Waals surface area contributed by atoms with Gasteiger partial charge < -0.3 is 0 Å². The molecule has 3 heteroatoms. The van der Waals surface area contributed by atoms with Crippen molar-refractivity contribution in [2.24, 2.45) is 0 Å². The second kappa shape index (κ2) is 7.44. The van der Waals surface area contributed by atoms with Crippen LogP contribution in [0.25, 0.3) is 0 Å². The predicted octanol–water partition coefficient (Wildman–Crippen LogP) is 5.02. The first-order valence-corrected chi connectivity index (χ1v) is 6.51. The van der Waals surface area contributed by atoms with E-state index in [2.05, 4.69) is 6.92 Å². The first kappa shape index (κ1) is 14.2. The van der Waals surface area contributed by atoms with Crippen LogP contribution in [0.3, 0.4) is 0 Å². The van der Waals surface area contributed by atoms with Crippen molar-refractivity contribution >= 4 is 17.4 Å². The Bertz CT molecular complexity index is 376. The van der Waals surface area contributed by atoms with Crippen LogP contribution in [0.4, 0.5) is 4.39 Å². The van der Waals surface area contributed by atoms with E-state index in [0.29, 0.717) is 12.0 Å². The number of halogens is 2. The molecule has 0 bridgehead atoms. The largest absolute Gasteiger partial charge is 0.294 e. The number of benzene rings is 1. The topological polar surface area (TPSA) is 17.1 Å². The van der Waals surface area contributed by atoms with Gasteiger partial charge in [-0.3, -0.25) is 4.79 Å². The monoisotopic (exact) mass is 256 g/mol. The van der Waals surface area contributed by atoms with Gasteiger partial charge in [-0.15, -0.1) is 0 Å². The van der Waals surface area contributed by atoms with E-state index in [1.165, 1.54) is 37.5 Å². The Morgan fingerprint density at radius 3 is 2.59 bits per heavy atom. The lowest BCUT2D eigenvalue weighted by atomic mass is 10.0. The SMILES string of the molecule is CCCCCCCC(=O)c1ccc(F)cc1Cl. The molecule has 0 aliphatic carbocycles. The molecule has 0 saturated heterocycles. The summed E-state index contributed by atoms with van der Waals surface area (Å²) in [6.45, 7) is 2.16. The highest BCUT2D eigenvalue weighted by Gasteiger charge is 2.10. The molecular formula is C14H18ClFO. The van der Waals surface area contributed by atoms with Crippen LogP contribution in [0, 0.1) is 5.82 Å². The van der Waals surface area contributed by atoms with Crippen LogP contribution in [0.5, 0.6) is 0 Å². The molecule has 0 aliphatic heterocycles. The summed E-state index contributed by atoms with van der Waals surface area (Å²) in [6, 6.07) is 3.92. The molecule has 0 radical (unpaired) electrons. The van der Waals surface area contributed by atoms with E-state index < -0.39 is 5.82 Å². The molecule has 1 nitrogen and oxygen atoms in total. The Morgan fingerprint density at radius 1 is 1.24 bits per heavy atom. The summed E-state index contributed by atoms with van der Waals surface area (Å²) >= 11 is 5.83. The number of carbonyl (C=O) groups excluding carboxylic acids is 1. The third kappa shape index (κ3) is 4.86. The molecule has 0 amide bonds. The van der Waals surface area contributed by atoms with Gasteiger partial charge in [-0.25, -0.2) is 4.39 Å². The Morgan fingerprint density at radius 2 is 1.94 bits per heavy atom. The van der Waals surface area contributed by atoms with E-state index in [-0.39, 0.29) is 10.8 Å². The minimum absolute atomic E-state index is 0.00602. The standard InChI is InChI=1S/C14H18ClFO/c1-2-3-4-5-6-7-14(17)12-9-8-11(16)10-13(12)15/h8-10H,2-7H2,1H3. The number of unbranched alkanes of at least 4 members (excludes halogenated alkanes) is 4. The number of hydrogen-bond donors (Lipinski definition) is 0. The molecule has 0 heterocycles. The summed E-state index contributed by atoms with van der Waals surface area (Å²) in [5, 5.41) is 0.212. The van der Waals surface area contributed by atoms with Crippen LogP contribution in [-0.2, 0) is 0 Å². The molecule has 0 saturated carbocycles. The number of hydrogen-bond acceptors (Lipinski definition) is 1. The van der Waals surface area contributed by atoms with Gasteiger partial charge in [0.15, 0.2) is 5.78 Å². The number of carbonyl (C=O) groups is 1. The third-order valence-corrected chi connectivity index (χ3v) is 3.05. The van der Waals surface area contributed by atoms with Crippen molar-refractivity contribution in [2.45, 2.75) is 45.4 Å². The Labute approximate surface area is 107 Å². The fourth-order valence-electron chi connectivity index (χ4n) is 1.74. The van der Waals surface area contributed by atoms with Gasteiger partial charge >= 0.3 is 0 Å². The summed E-state index contributed by atoms with van der Waals surface area (Å²) in [6.07, 6.45) is 6.02. The van der Waals surface area contributed by atoms with Gasteiger partial charge in [0.2, 0.25) is 0 Å². The van der Waals surface area contributed by atoms with Crippen molar-refractivity contribution in [1.29, 1.82) is 0 Å². The van der Waals surface area contributed by atoms with Crippen LogP contribution in [0.1, 0.15) is 55.8 Å². The summed E-state index contributed by atoms with van der Waals surface area (Å²) in [5.41, 5.74) is 0.434. The quantitative estimate of drug-likeness (QED) is 0.494. The van der Waals surface area contributed by atoms with Crippen molar-refractivity contribution < 1.29 is 9.18 Å². The zero-order valence-corrected chi connectivity index (χ0v) is 10.9. The van der Waals surface area contributed by atoms with Crippen LogP contribution in [0.15, 0.2) is 18.2 Å². The molecule has 0 unspecified atom stereocenters. The summed E-state index contributed by atoms with van der Waals surface area (Å²) in [4.78, 5) is 11.8. The predicted molar refractivity (Wildman–Crippen MR) is 69.1 cm³/mol. The first-order chi connectivity index (χ1) is 8.15. The lowest BCUT2D eigenvalue weighted by molar-refractivity contribution is 0.0979. The minimum Gasteiger partial charge on any atom is -0.294 e. The van der Waals surface area contributed by atoms with Gasteiger partial charge in [0.25, 0.3) is 0 Å². The highest BCUT2D eigenvalue weighted by Crippen LogP contribution is 2.20. The maximum atomic E-state index is 12.8. The van der Waals surface area contributed by atoms with Gasteiger partial charge in [0.05, 0.1) is 5.02 Å². The van der Waals surface area contributed by atoms with Crippen molar-refractivity contribution in [2.75, 3.05) is 0 Å². The van der Waals surface area contributed by atoms with E-state index >= 15 is 0 Å². The molecule has 1 aromatic carbocycles. The van der Waals surface area contributed by atoms with Crippen LogP contribution >= 0.6 is 11.6 Å². The Kier molecular flexibility index (Phi) is 6.20. The lowest BCUT2D eigenvalue weighted by Gasteiger charge is -2.03. The second-order valence-corrected chi connectivity index (χ2v) is 4.62.